The maximum atomic E-state index is 12.9. The van der Waals surface area contributed by atoms with Crippen molar-refractivity contribution in [2.24, 2.45) is 0 Å². The summed E-state index contributed by atoms with van der Waals surface area (Å²) in [5, 5.41) is 2.69. The Hall–Kier alpha value is -6.66. The normalized spacial score (nSPS) is 9.73. The third-order valence-electron chi connectivity index (χ3n) is 6.83. The molecule has 0 aliphatic rings. The summed E-state index contributed by atoms with van der Waals surface area (Å²) in [6, 6.07) is 22.4. The van der Waals surface area contributed by atoms with Crippen LogP contribution in [-0.2, 0) is 9.47 Å². The lowest BCUT2D eigenvalue weighted by atomic mass is 10.1. The van der Waals surface area contributed by atoms with Crippen molar-refractivity contribution in [1.29, 1.82) is 0 Å². The van der Waals surface area contributed by atoms with Gasteiger partial charge in [-0.3, -0.25) is 9.59 Å². The first-order valence-corrected chi connectivity index (χ1v) is 14.3. The summed E-state index contributed by atoms with van der Waals surface area (Å²) in [6.45, 7) is 16.1. The molecular formula is C36H32N4O8. The van der Waals surface area contributed by atoms with E-state index >= 15 is 0 Å². The minimum atomic E-state index is -0.556. The van der Waals surface area contributed by atoms with Crippen LogP contribution in [-0.4, -0.2) is 58.7 Å². The van der Waals surface area contributed by atoms with E-state index in [1.54, 1.807) is 84.9 Å². The summed E-state index contributed by atoms with van der Waals surface area (Å²) in [7, 11) is 5.40. The van der Waals surface area contributed by atoms with E-state index in [2.05, 4.69) is 19.7 Å². The number of ether oxygens (including phenoxy) is 4. The Bertz CT molecular complexity index is 1870. The van der Waals surface area contributed by atoms with Gasteiger partial charge < -0.3 is 29.2 Å². The zero-order chi connectivity index (χ0) is 35.2. The van der Waals surface area contributed by atoms with E-state index in [9.17, 15) is 19.2 Å². The molecule has 1 N–H and O–H groups in total. The van der Waals surface area contributed by atoms with Gasteiger partial charge in [0.15, 0.2) is 22.9 Å². The lowest BCUT2D eigenvalue weighted by molar-refractivity contribution is 0.0588. The Kier molecular flexibility index (Phi) is 12.8. The van der Waals surface area contributed by atoms with Gasteiger partial charge in [-0.05, 0) is 31.2 Å². The Balaban J connectivity index is 0.000000261. The fraction of sp³-hybridized carbons (Fsp3) is 0.167. The first-order valence-electron chi connectivity index (χ1n) is 14.3. The van der Waals surface area contributed by atoms with E-state index in [-0.39, 0.29) is 34.4 Å². The van der Waals surface area contributed by atoms with Crippen LogP contribution in [0.4, 0.5) is 22.7 Å². The van der Waals surface area contributed by atoms with Crippen molar-refractivity contribution in [3.05, 3.63) is 130 Å². The van der Waals surface area contributed by atoms with E-state index in [0.29, 0.717) is 40.4 Å². The Morgan fingerprint density at radius 2 is 1.15 bits per heavy atom. The average molecular weight is 649 g/mol. The van der Waals surface area contributed by atoms with Gasteiger partial charge in [0.2, 0.25) is 0 Å². The number of hydrogen-bond acceptors (Lipinski definition) is 8. The van der Waals surface area contributed by atoms with Crippen molar-refractivity contribution in [1.82, 2.24) is 0 Å². The van der Waals surface area contributed by atoms with Gasteiger partial charge in [0.05, 0.1) is 53.0 Å². The molecule has 0 bridgehead atoms. The van der Waals surface area contributed by atoms with Gasteiger partial charge in [0.1, 0.15) is 11.1 Å². The van der Waals surface area contributed by atoms with Crippen molar-refractivity contribution in [2.45, 2.75) is 6.92 Å². The van der Waals surface area contributed by atoms with Crippen LogP contribution in [0.15, 0.2) is 84.9 Å². The smallest absolute Gasteiger partial charge is 0.341 e. The summed E-state index contributed by atoms with van der Waals surface area (Å²) < 4.78 is 20.0. The molecule has 0 unspecified atom stereocenters. The monoisotopic (exact) mass is 648 g/mol. The number of methoxy groups -OCH3 is 4. The predicted molar refractivity (Wildman–Crippen MR) is 179 cm³/mol. The molecule has 4 aromatic rings. The number of carbonyl (C=O) groups is 4. The van der Waals surface area contributed by atoms with Gasteiger partial charge in [0.25, 0.3) is 11.8 Å². The number of para-hydroxylation sites is 2. The fourth-order valence-corrected chi connectivity index (χ4v) is 4.49. The van der Waals surface area contributed by atoms with E-state index in [1.165, 1.54) is 33.3 Å². The van der Waals surface area contributed by atoms with Crippen molar-refractivity contribution < 1.29 is 38.1 Å². The topological polar surface area (TPSA) is 129 Å². The Morgan fingerprint density at radius 1 is 0.667 bits per heavy atom. The summed E-state index contributed by atoms with van der Waals surface area (Å²) in [4.78, 5) is 56.9. The van der Waals surface area contributed by atoms with Gasteiger partial charge in [-0.1, -0.05) is 60.7 Å². The third kappa shape index (κ3) is 8.33. The van der Waals surface area contributed by atoms with Crippen molar-refractivity contribution in [3.8, 4) is 11.5 Å². The van der Waals surface area contributed by atoms with Crippen molar-refractivity contribution in [3.63, 3.8) is 0 Å². The fourth-order valence-electron chi connectivity index (χ4n) is 4.49. The molecule has 12 heteroatoms. The molecule has 0 atom stereocenters. The third-order valence-corrected chi connectivity index (χ3v) is 6.83. The maximum absolute atomic E-state index is 12.9. The lowest BCUT2D eigenvalue weighted by Crippen LogP contribution is -2.31. The van der Waals surface area contributed by atoms with E-state index in [1.807, 2.05) is 6.92 Å². The first kappa shape index (κ1) is 35.8. The number of esters is 2. The molecule has 0 spiro atoms. The van der Waals surface area contributed by atoms with Crippen molar-refractivity contribution >= 4 is 46.5 Å². The summed E-state index contributed by atoms with van der Waals surface area (Å²) in [5.74, 6) is -1.21. The maximum Gasteiger partial charge on any atom is 0.341 e. The van der Waals surface area contributed by atoms with Crippen LogP contribution in [0.1, 0.15) is 48.4 Å². The van der Waals surface area contributed by atoms with Crippen LogP contribution in [0.25, 0.3) is 9.69 Å². The van der Waals surface area contributed by atoms with Gasteiger partial charge in [-0.2, -0.15) is 0 Å². The quantitative estimate of drug-likeness (QED) is 0.152. The number of hydrogen-bond donors (Lipinski definition) is 1. The highest BCUT2D eigenvalue weighted by Crippen LogP contribution is 2.34. The Morgan fingerprint density at radius 3 is 1.60 bits per heavy atom. The molecule has 4 rings (SSSR count). The number of rotatable bonds is 9. The predicted octanol–water partition coefficient (Wildman–Crippen LogP) is 6.98. The molecule has 0 saturated carbocycles. The second-order valence-corrected chi connectivity index (χ2v) is 9.55. The molecule has 2 amide bonds. The van der Waals surface area contributed by atoms with Gasteiger partial charge >= 0.3 is 11.9 Å². The average Bonchev–Trinajstić information content (AvgIpc) is 3.14. The minimum absolute atomic E-state index is 0.219. The standard InChI is InChI=1S/C19H18N2O4.C17H14N2O4/c1-5-21(18(22)13-9-11-14(20-2)12-10-13)16-8-6-7-15(17(16)24-3)19(23)25-4;1-18-12-9-7-11(8-10-12)16(20)19-14-6-4-5-13(15(14)22-2)17(21)23-3/h6-12H,5H2,1,3-4H3;4-10H,2-3H3,(H,19,20). The zero-order valence-electron chi connectivity index (χ0n) is 26.9. The lowest BCUT2D eigenvalue weighted by Gasteiger charge is -2.24. The van der Waals surface area contributed by atoms with E-state index < -0.39 is 11.9 Å². The van der Waals surface area contributed by atoms with Gasteiger partial charge in [-0.25, -0.2) is 19.3 Å². The van der Waals surface area contributed by atoms with Crippen molar-refractivity contribution in [2.75, 3.05) is 45.2 Å². The van der Waals surface area contributed by atoms with Crippen LogP contribution < -0.4 is 19.7 Å². The van der Waals surface area contributed by atoms with E-state index in [0.717, 1.165) is 0 Å². The Labute approximate surface area is 278 Å². The molecule has 0 heterocycles. The summed E-state index contributed by atoms with van der Waals surface area (Å²) in [5.41, 5.74) is 3.05. The number of nitrogens with zero attached hydrogens (tertiary/aromatic N) is 3. The number of carbonyl (C=O) groups excluding carboxylic acids is 4. The SMILES string of the molecule is [C-]#[N+]c1ccc(C(=O)N(CC)c2cccc(C(=O)OC)c2OC)cc1.[C-]#[N+]c1ccc(C(=O)Nc2cccc(C(=O)OC)c2OC)cc1. The second kappa shape index (κ2) is 17.1. The zero-order valence-corrected chi connectivity index (χ0v) is 26.9. The molecule has 0 aliphatic heterocycles. The molecule has 48 heavy (non-hydrogen) atoms. The summed E-state index contributed by atoms with van der Waals surface area (Å²) in [6.07, 6.45) is 0. The van der Waals surface area contributed by atoms with Crippen LogP contribution in [0, 0.1) is 13.1 Å². The van der Waals surface area contributed by atoms with E-state index in [4.69, 9.17) is 27.4 Å². The molecule has 0 aromatic heterocycles. The molecule has 4 aromatic carbocycles. The highest BCUT2D eigenvalue weighted by Gasteiger charge is 2.24. The number of anilines is 2. The number of amides is 2. The number of benzene rings is 4. The molecule has 0 radical (unpaired) electrons. The summed E-state index contributed by atoms with van der Waals surface area (Å²) >= 11 is 0. The van der Waals surface area contributed by atoms with Crippen LogP contribution in [0.2, 0.25) is 0 Å². The molecule has 0 saturated heterocycles. The number of nitrogens with one attached hydrogen (secondary N) is 1. The van der Waals surface area contributed by atoms with Crippen LogP contribution in [0.5, 0.6) is 11.5 Å². The first-order chi connectivity index (χ1) is 23.2. The second-order valence-electron chi connectivity index (χ2n) is 9.55. The molecule has 12 nitrogen and oxygen atoms in total. The molecular weight excluding hydrogens is 616 g/mol. The molecule has 244 valence electrons. The van der Waals surface area contributed by atoms with Gasteiger partial charge in [-0.15, -0.1) is 0 Å². The largest absolute Gasteiger partial charge is 0.494 e. The van der Waals surface area contributed by atoms with Crippen LogP contribution >= 0.6 is 0 Å². The molecule has 0 aliphatic carbocycles. The molecule has 0 fully saturated rings. The highest BCUT2D eigenvalue weighted by molar-refractivity contribution is 6.08. The highest BCUT2D eigenvalue weighted by atomic mass is 16.5. The van der Waals surface area contributed by atoms with Gasteiger partial charge in [0, 0.05) is 17.7 Å². The van der Waals surface area contributed by atoms with Crippen LogP contribution in [0.3, 0.4) is 0 Å². The minimum Gasteiger partial charge on any atom is -0.494 e.